The second-order valence-electron chi connectivity index (χ2n) is 4.64. The number of ether oxygens (including phenoxy) is 2. The van der Waals surface area contributed by atoms with E-state index in [1.165, 1.54) is 0 Å². The summed E-state index contributed by atoms with van der Waals surface area (Å²) >= 11 is 0. The van der Waals surface area contributed by atoms with Crippen molar-refractivity contribution in [2.75, 3.05) is 6.61 Å². The highest BCUT2D eigenvalue weighted by Crippen LogP contribution is 2.25. The van der Waals surface area contributed by atoms with Crippen molar-refractivity contribution in [1.82, 2.24) is 0 Å². The molecule has 4 nitrogen and oxygen atoms in total. The van der Waals surface area contributed by atoms with Crippen LogP contribution >= 0.6 is 0 Å². The molecule has 0 saturated heterocycles. The molecule has 0 aliphatic heterocycles. The first-order valence-electron chi connectivity index (χ1n) is 5.98. The van der Waals surface area contributed by atoms with Crippen LogP contribution in [0.1, 0.15) is 33.6 Å². The van der Waals surface area contributed by atoms with E-state index in [2.05, 4.69) is 13.2 Å². The van der Waals surface area contributed by atoms with Gasteiger partial charge in [-0.15, -0.1) is 0 Å². The van der Waals surface area contributed by atoms with Crippen molar-refractivity contribution in [1.29, 1.82) is 0 Å². The largest absolute Gasteiger partial charge is 0.463 e. The highest BCUT2D eigenvalue weighted by molar-refractivity contribution is 5.81. The number of hydrogen-bond acceptors (Lipinski definition) is 4. The van der Waals surface area contributed by atoms with Gasteiger partial charge in [-0.05, 0) is 32.6 Å². The summed E-state index contributed by atoms with van der Waals surface area (Å²) in [5, 5.41) is 0. The Morgan fingerprint density at radius 3 is 2.28 bits per heavy atom. The first-order chi connectivity index (χ1) is 8.33. The number of hydrogen-bond donors (Lipinski definition) is 0. The molecular weight excluding hydrogens is 232 g/mol. The molecule has 0 rings (SSSR count). The fourth-order valence-electron chi connectivity index (χ4n) is 1.37. The zero-order valence-electron chi connectivity index (χ0n) is 11.4. The van der Waals surface area contributed by atoms with E-state index in [4.69, 9.17) is 9.47 Å². The summed E-state index contributed by atoms with van der Waals surface area (Å²) in [4.78, 5) is 22.0. The molecule has 0 radical (unpaired) electrons. The molecule has 0 aliphatic rings. The fraction of sp³-hybridized carbons (Fsp3) is 0.571. The molecule has 0 N–H and O–H groups in total. The minimum absolute atomic E-state index is 0.156. The monoisotopic (exact) mass is 254 g/mol. The van der Waals surface area contributed by atoms with Gasteiger partial charge in [0.15, 0.2) is 0 Å². The molecule has 0 aromatic heterocycles. The first kappa shape index (κ1) is 16.4. The smallest absolute Gasteiger partial charge is 0.330 e. The third-order valence-electron chi connectivity index (χ3n) is 2.91. The lowest BCUT2D eigenvalue weighted by molar-refractivity contribution is -0.155. The minimum Gasteiger partial charge on any atom is -0.463 e. The zero-order chi connectivity index (χ0) is 14.2. The van der Waals surface area contributed by atoms with E-state index in [0.29, 0.717) is 6.61 Å². The van der Waals surface area contributed by atoms with E-state index in [-0.39, 0.29) is 5.92 Å². The fourth-order valence-corrected chi connectivity index (χ4v) is 1.37. The van der Waals surface area contributed by atoms with Crippen LogP contribution in [-0.4, -0.2) is 24.1 Å². The Morgan fingerprint density at radius 2 is 1.78 bits per heavy atom. The van der Waals surface area contributed by atoms with Crippen LogP contribution in [0.4, 0.5) is 0 Å². The first-order valence-corrected chi connectivity index (χ1v) is 5.98. The molecule has 0 amide bonds. The predicted molar refractivity (Wildman–Crippen MR) is 69.9 cm³/mol. The van der Waals surface area contributed by atoms with Crippen molar-refractivity contribution in [3.8, 4) is 0 Å². The molecule has 0 bridgehead atoms. The summed E-state index contributed by atoms with van der Waals surface area (Å²) in [6, 6.07) is 0. The molecule has 0 saturated carbocycles. The van der Waals surface area contributed by atoms with Crippen LogP contribution in [0.2, 0.25) is 0 Å². The van der Waals surface area contributed by atoms with E-state index in [0.717, 1.165) is 25.0 Å². The van der Waals surface area contributed by atoms with Gasteiger partial charge in [-0.1, -0.05) is 20.1 Å². The number of carbonyl (C=O) groups is 2. The van der Waals surface area contributed by atoms with Gasteiger partial charge in [0.1, 0.15) is 5.60 Å². The molecule has 1 unspecified atom stereocenters. The zero-order valence-corrected chi connectivity index (χ0v) is 11.4. The van der Waals surface area contributed by atoms with Gasteiger partial charge in [0.2, 0.25) is 0 Å². The molecule has 0 aliphatic carbocycles. The molecule has 18 heavy (non-hydrogen) atoms. The maximum absolute atomic E-state index is 11.2. The van der Waals surface area contributed by atoms with E-state index in [1.54, 1.807) is 0 Å². The van der Waals surface area contributed by atoms with Gasteiger partial charge in [0, 0.05) is 12.2 Å². The Kier molecular flexibility index (Phi) is 7.01. The lowest BCUT2D eigenvalue weighted by atomic mass is 9.88. The van der Waals surface area contributed by atoms with Crippen molar-refractivity contribution in [3.63, 3.8) is 0 Å². The summed E-state index contributed by atoms with van der Waals surface area (Å²) in [6.45, 7) is 12.7. The summed E-state index contributed by atoms with van der Waals surface area (Å²) in [5.41, 5.74) is -0.562. The minimum atomic E-state index is -0.562. The van der Waals surface area contributed by atoms with E-state index in [1.807, 2.05) is 20.8 Å². The van der Waals surface area contributed by atoms with Crippen molar-refractivity contribution >= 4 is 11.9 Å². The highest BCUT2D eigenvalue weighted by Gasteiger charge is 2.28. The van der Waals surface area contributed by atoms with Crippen molar-refractivity contribution in [3.05, 3.63) is 25.3 Å². The second-order valence-corrected chi connectivity index (χ2v) is 4.64. The number of carbonyl (C=O) groups excluding carboxylic acids is 2. The van der Waals surface area contributed by atoms with Crippen LogP contribution in [0.25, 0.3) is 0 Å². The summed E-state index contributed by atoms with van der Waals surface area (Å²) in [7, 11) is 0. The average molecular weight is 254 g/mol. The Labute approximate surface area is 109 Å². The molecular formula is C14H22O4. The Bertz CT molecular complexity index is 318. The molecule has 0 aromatic carbocycles. The molecule has 0 aromatic rings. The van der Waals surface area contributed by atoms with E-state index in [9.17, 15) is 9.59 Å². The van der Waals surface area contributed by atoms with Crippen LogP contribution < -0.4 is 0 Å². The normalized spacial score (nSPS) is 12.4. The van der Waals surface area contributed by atoms with Gasteiger partial charge in [-0.2, -0.15) is 0 Å². The van der Waals surface area contributed by atoms with Crippen LogP contribution in [-0.2, 0) is 19.1 Å². The van der Waals surface area contributed by atoms with E-state index >= 15 is 0 Å². The molecule has 0 heterocycles. The third kappa shape index (κ3) is 6.23. The molecule has 0 spiro atoms. The van der Waals surface area contributed by atoms with Gasteiger partial charge in [0.05, 0.1) is 6.61 Å². The Hall–Kier alpha value is -1.58. The number of esters is 2. The van der Waals surface area contributed by atoms with Crippen LogP contribution in [0, 0.1) is 5.92 Å². The van der Waals surface area contributed by atoms with Crippen LogP contribution in [0.3, 0.4) is 0 Å². The maximum Gasteiger partial charge on any atom is 0.330 e. The lowest BCUT2D eigenvalue weighted by Gasteiger charge is -2.31. The summed E-state index contributed by atoms with van der Waals surface area (Å²) in [5.74, 6) is -0.686. The summed E-state index contributed by atoms with van der Waals surface area (Å²) < 4.78 is 10.1. The molecule has 102 valence electrons. The predicted octanol–water partition coefficient (Wildman–Crippen LogP) is 2.64. The third-order valence-corrected chi connectivity index (χ3v) is 2.91. The quantitative estimate of drug-likeness (QED) is 0.379. The van der Waals surface area contributed by atoms with Crippen LogP contribution in [0.5, 0.6) is 0 Å². The lowest BCUT2D eigenvalue weighted by Crippen LogP contribution is -2.34. The molecule has 0 fully saturated rings. The standard InChI is InChI=1S/C14H22O4/c1-6-12(15)17-10-8-9-11(3)14(4,5)18-13(16)7-2/h6-7,11H,1-2,8-10H2,3-5H3. The second kappa shape index (κ2) is 7.69. The van der Waals surface area contributed by atoms with Gasteiger partial charge in [0.25, 0.3) is 0 Å². The van der Waals surface area contributed by atoms with Crippen molar-refractivity contribution < 1.29 is 19.1 Å². The van der Waals surface area contributed by atoms with E-state index < -0.39 is 17.5 Å². The van der Waals surface area contributed by atoms with Gasteiger partial charge >= 0.3 is 11.9 Å². The average Bonchev–Trinajstić information content (AvgIpc) is 2.33. The van der Waals surface area contributed by atoms with Gasteiger partial charge in [-0.3, -0.25) is 0 Å². The van der Waals surface area contributed by atoms with Gasteiger partial charge in [-0.25, -0.2) is 9.59 Å². The van der Waals surface area contributed by atoms with Crippen molar-refractivity contribution in [2.24, 2.45) is 5.92 Å². The highest BCUT2D eigenvalue weighted by atomic mass is 16.6. The van der Waals surface area contributed by atoms with Crippen LogP contribution in [0.15, 0.2) is 25.3 Å². The number of rotatable bonds is 8. The van der Waals surface area contributed by atoms with Crippen molar-refractivity contribution in [2.45, 2.75) is 39.2 Å². The topological polar surface area (TPSA) is 52.6 Å². The maximum atomic E-state index is 11.2. The Morgan fingerprint density at radius 1 is 1.22 bits per heavy atom. The molecule has 1 atom stereocenters. The Balaban J connectivity index is 4.03. The SMILES string of the molecule is C=CC(=O)OCCCC(C)C(C)(C)OC(=O)C=C. The van der Waals surface area contributed by atoms with Gasteiger partial charge < -0.3 is 9.47 Å². The molecule has 4 heteroatoms. The summed E-state index contributed by atoms with van der Waals surface area (Å²) in [6.07, 6.45) is 3.80.